The van der Waals surface area contributed by atoms with Gasteiger partial charge in [0.05, 0.1) is 41.1 Å². The summed E-state index contributed by atoms with van der Waals surface area (Å²) in [6.07, 6.45) is 1.69. The van der Waals surface area contributed by atoms with Gasteiger partial charge in [-0.15, -0.1) is 0 Å². The molecule has 0 aliphatic carbocycles. The number of hydrogen-bond acceptors (Lipinski definition) is 11. The van der Waals surface area contributed by atoms with Gasteiger partial charge in [-0.25, -0.2) is 4.79 Å². The molecule has 0 saturated carbocycles. The molecule has 6 rings (SSSR count). The predicted octanol–water partition coefficient (Wildman–Crippen LogP) is 4.95. The van der Waals surface area contributed by atoms with E-state index in [0.29, 0.717) is 55.4 Å². The van der Waals surface area contributed by atoms with Crippen LogP contribution in [-0.4, -0.2) is 58.0 Å². The summed E-state index contributed by atoms with van der Waals surface area (Å²) in [5.41, 5.74) is 0.969. The molecular formula is C30H25NO12S. The molecule has 3 aromatic carbocycles. The van der Waals surface area contributed by atoms with Gasteiger partial charge in [0.2, 0.25) is 5.75 Å². The van der Waals surface area contributed by atoms with E-state index in [9.17, 15) is 22.9 Å². The monoisotopic (exact) mass is 623 g/mol. The molecule has 0 bridgehead atoms. The lowest BCUT2D eigenvalue weighted by Gasteiger charge is -2.16. The molecule has 0 radical (unpaired) electrons. The van der Waals surface area contributed by atoms with Crippen molar-refractivity contribution in [3.8, 4) is 51.4 Å². The van der Waals surface area contributed by atoms with Crippen LogP contribution in [-0.2, 0) is 10.4 Å². The van der Waals surface area contributed by atoms with Gasteiger partial charge in [0, 0.05) is 39.4 Å². The van der Waals surface area contributed by atoms with Crippen LogP contribution in [0.25, 0.3) is 49.3 Å². The zero-order valence-electron chi connectivity index (χ0n) is 24.0. The first-order chi connectivity index (χ1) is 21.0. The van der Waals surface area contributed by atoms with Crippen molar-refractivity contribution in [2.24, 2.45) is 0 Å². The summed E-state index contributed by atoms with van der Waals surface area (Å²) in [7, 11) is 2.26. The minimum absolute atomic E-state index is 0.0500. The van der Waals surface area contributed by atoms with Gasteiger partial charge in [0.15, 0.2) is 34.5 Å². The minimum Gasteiger partial charge on any atom is -0.504 e. The fourth-order valence-corrected chi connectivity index (χ4v) is 5.93. The lowest BCUT2D eigenvalue weighted by atomic mass is 9.97. The number of pyridine rings is 1. The van der Waals surface area contributed by atoms with Gasteiger partial charge in [0.25, 0.3) is 0 Å². The molecule has 228 valence electrons. The van der Waals surface area contributed by atoms with Crippen molar-refractivity contribution in [2.45, 2.75) is 0 Å². The molecule has 44 heavy (non-hydrogen) atoms. The molecule has 14 heteroatoms. The van der Waals surface area contributed by atoms with E-state index in [2.05, 4.69) is 4.18 Å². The summed E-state index contributed by atoms with van der Waals surface area (Å²) < 4.78 is 72.1. The number of phenolic OH excluding ortho intramolecular Hbond substituents is 1. The Morgan fingerprint density at radius 1 is 0.727 bits per heavy atom. The molecule has 2 N–H and O–H groups in total. The molecule has 0 saturated heterocycles. The summed E-state index contributed by atoms with van der Waals surface area (Å²) in [6, 6.07) is 10.8. The number of aromatic hydroxyl groups is 1. The molecule has 3 aromatic heterocycles. The largest absolute Gasteiger partial charge is 0.504 e. The van der Waals surface area contributed by atoms with E-state index in [0.717, 1.165) is 6.07 Å². The predicted molar refractivity (Wildman–Crippen MR) is 160 cm³/mol. The van der Waals surface area contributed by atoms with E-state index in [1.807, 2.05) is 0 Å². The Labute approximate surface area is 249 Å². The molecule has 13 nitrogen and oxygen atoms in total. The van der Waals surface area contributed by atoms with Crippen LogP contribution in [0, 0.1) is 0 Å². The zero-order chi connectivity index (χ0) is 31.5. The van der Waals surface area contributed by atoms with Gasteiger partial charge in [-0.05, 0) is 35.9 Å². The molecule has 0 atom stereocenters. The highest BCUT2D eigenvalue weighted by Gasteiger charge is 2.27. The van der Waals surface area contributed by atoms with Crippen LogP contribution in [0.5, 0.6) is 40.2 Å². The van der Waals surface area contributed by atoms with Crippen LogP contribution < -0.4 is 33.5 Å². The van der Waals surface area contributed by atoms with E-state index in [4.69, 9.17) is 28.1 Å². The van der Waals surface area contributed by atoms with Crippen LogP contribution in [0.1, 0.15) is 0 Å². The molecule has 0 aliphatic rings. The topological polar surface area (TPSA) is 165 Å². The smallest absolute Gasteiger partial charge is 0.446 e. The summed E-state index contributed by atoms with van der Waals surface area (Å²) in [6.45, 7) is 0. The summed E-state index contributed by atoms with van der Waals surface area (Å²) >= 11 is 0. The molecule has 0 amide bonds. The highest BCUT2D eigenvalue weighted by molar-refractivity contribution is 7.81. The third-order valence-electron chi connectivity index (χ3n) is 7.31. The van der Waals surface area contributed by atoms with Crippen molar-refractivity contribution in [3.05, 3.63) is 59.1 Å². The number of nitrogens with zero attached hydrogens (tertiary/aromatic N) is 1. The van der Waals surface area contributed by atoms with Gasteiger partial charge in [-0.1, -0.05) is 6.07 Å². The Hall–Kier alpha value is -5.34. The van der Waals surface area contributed by atoms with Crippen LogP contribution in [0.2, 0.25) is 0 Å². The Kier molecular flexibility index (Phi) is 6.82. The van der Waals surface area contributed by atoms with Crippen molar-refractivity contribution in [1.82, 2.24) is 4.40 Å². The molecule has 3 heterocycles. The molecule has 0 fully saturated rings. The fraction of sp³-hybridized carbons (Fsp3) is 0.167. The van der Waals surface area contributed by atoms with Gasteiger partial charge in [-0.2, -0.15) is 8.42 Å². The first-order valence-corrected chi connectivity index (χ1v) is 14.2. The van der Waals surface area contributed by atoms with E-state index in [1.165, 1.54) is 47.7 Å². The van der Waals surface area contributed by atoms with Crippen LogP contribution in [0.3, 0.4) is 0 Å². The lowest BCUT2D eigenvalue weighted by Crippen LogP contribution is -2.08. The SMILES string of the molecule is COc1cc(-c2c3c4cc(OC)c(OS(=O)(=O)O)cc4oc(=O)c3n3ccc4c(OC)c(OC)c(OC)cc4c23)ccc1O. The van der Waals surface area contributed by atoms with Crippen molar-refractivity contribution >= 4 is 48.6 Å². The van der Waals surface area contributed by atoms with Crippen molar-refractivity contribution < 1.29 is 50.4 Å². The molecule has 6 aromatic rings. The van der Waals surface area contributed by atoms with Crippen LogP contribution in [0.4, 0.5) is 0 Å². The maximum absolute atomic E-state index is 13.7. The summed E-state index contributed by atoms with van der Waals surface area (Å²) in [4.78, 5) is 13.7. The maximum Gasteiger partial charge on any atom is 0.446 e. The highest BCUT2D eigenvalue weighted by Crippen LogP contribution is 2.49. The number of hydrogen-bond donors (Lipinski definition) is 2. The third kappa shape index (κ3) is 4.34. The number of ether oxygens (including phenoxy) is 5. The fourth-order valence-electron chi connectivity index (χ4n) is 5.58. The second-order valence-electron chi connectivity index (χ2n) is 9.53. The van der Waals surface area contributed by atoms with E-state index < -0.39 is 21.8 Å². The van der Waals surface area contributed by atoms with E-state index in [-0.39, 0.29) is 28.3 Å². The number of aromatic nitrogens is 1. The maximum atomic E-state index is 13.7. The van der Waals surface area contributed by atoms with Crippen molar-refractivity contribution in [3.63, 3.8) is 0 Å². The Bertz CT molecular complexity index is 2300. The molecule has 0 spiro atoms. The average molecular weight is 624 g/mol. The van der Waals surface area contributed by atoms with Crippen molar-refractivity contribution in [2.75, 3.05) is 35.5 Å². The first kappa shape index (κ1) is 28.8. The lowest BCUT2D eigenvalue weighted by molar-refractivity contribution is 0.327. The van der Waals surface area contributed by atoms with Gasteiger partial charge < -0.3 is 41.8 Å². The number of rotatable bonds is 8. The number of fused-ring (bicyclic) bond motifs is 7. The normalized spacial score (nSPS) is 11.8. The minimum atomic E-state index is -4.93. The summed E-state index contributed by atoms with van der Waals surface area (Å²) in [5.74, 6) is 0.767. The number of methoxy groups -OCH3 is 5. The van der Waals surface area contributed by atoms with Crippen molar-refractivity contribution in [1.29, 1.82) is 0 Å². The molecular weight excluding hydrogens is 598 g/mol. The van der Waals surface area contributed by atoms with E-state index in [1.54, 1.807) is 34.9 Å². The molecule has 0 unspecified atom stereocenters. The molecule has 0 aliphatic heterocycles. The average Bonchev–Trinajstić information content (AvgIpc) is 3.35. The first-order valence-electron chi connectivity index (χ1n) is 12.8. The van der Waals surface area contributed by atoms with Gasteiger partial charge in [-0.3, -0.25) is 4.55 Å². The standard InChI is InChI=1S/C30H25NO12S/c1-37-20-10-14(6-7-18(20)32)24-25-17-12-21(38-2)22(43-44(34,35)36)13-19(17)42-30(33)27(25)31-9-8-15-16(26(24)31)11-23(39-3)29(41-5)28(15)40-4/h6-13,32H,1-5H3,(H,34,35,36). The van der Waals surface area contributed by atoms with Gasteiger partial charge in [0.1, 0.15) is 11.1 Å². The second kappa shape index (κ2) is 10.4. The van der Waals surface area contributed by atoms with Crippen LogP contribution in [0.15, 0.2) is 57.9 Å². The van der Waals surface area contributed by atoms with E-state index >= 15 is 0 Å². The number of phenols is 1. The van der Waals surface area contributed by atoms with Gasteiger partial charge >= 0.3 is 16.0 Å². The third-order valence-corrected chi connectivity index (χ3v) is 7.70. The Morgan fingerprint density at radius 3 is 2.05 bits per heavy atom. The Balaban J connectivity index is 1.90. The Morgan fingerprint density at radius 2 is 1.41 bits per heavy atom. The second-order valence-corrected chi connectivity index (χ2v) is 10.5. The number of benzene rings is 3. The quantitative estimate of drug-likeness (QED) is 0.173. The summed E-state index contributed by atoms with van der Waals surface area (Å²) in [5, 5.41) is 12.4. The van der Waals surface area contributed by atoms with Crippen LogP contribution >= 0.6 is 0 Å². The zero-order valence-corrected chi connectivity index (χ0v) is 24.8. The highest BCUT2D eigenvalue weighted by atomic mass is 32.3.